The number of aliphatic hydroxyl groups is 1. The molecular weight excluding hydrogens is 317 g/mol. The molecule has 1 N–H and O–H groups in total. The van der Waals surface area contributed by atoms with E-state index in [0.29, 0.717) is 18.8 Å². The maximum absolute atomic E-state index is 14.2. The molecule has 2 saturated carbocycles. The highest BCUT2D eigenvalue weighted by molar-refractivity contribution is 5.81. The van der Waals surface area contributed by atoms with Crippen LogP contribution in [0.2, 0.25) is 0 Å². The van der Waals surface area contributed by atoms with Crippen LogP contribution in [0.25, 0.3) is 0 Å². The van der Waals surface area contributed by atoms with Crippen LogP contribution in [0.1, 0.15) is 62.5 Å². The second kappa shape index (κ2) is 5.80. The van der Waals surface area contributed by atoms with E-state index in [1.165, 1.54) is 0 Å². The van der Waals surface area contributed by atoms with E-state index in [1.54, 1.807) is 19.1 Å². The van der Waals surface area contributed by atoms with Gasteiger partial charge in [0.1, 0.15) is 5.82 Å². The van der Waals surface area contributed by atoms with Gasteiger partial charge in [-0.3, -0.25) is 4.79 Å². The van der Waals surface area contributed by atoms with Gasteiger partial charge in [0.05, 0.1) is 5.60 Å². The molecule has 1 saturated heterocycles. The van der Waals surface area contributed by atoms with Gasteiger partial charge in [0, 0.05) is 24.4 Å². The van der Waals surface area contributed by atoms with Crippen LogP contribution in [0.5, 0.6) is 0 Å². The van der Waals surface area contributed by atoms with Crippen LogP contribution in [0.3, 0.4) is 0 Å². The van der Waals surface area contributed by atoms with Crippen LogP contribution in [0.15, 0.2) is 18.2 Å². The van der Waals surface area contributed by atoms with Crippen molar-refractivity contribution in [1.82, 2.24) is 4.90 Å². The monoisotopic (exact) mass is 345 g/mol. The summed E-state index contributed by atoms with van der Waals surface area (Å²) in [5.41, 5.74) is 1.58. The minimum atomic E-state index is -0.640. The predicted octanol–water partition coefficient (Wildman–Crippen LogP) is 3.78. The molecule has 4 heteroatoms. The van der Waals surface area contributed by atoms with Gasteiger partial charge in [-0.25, -0.2) is 4.39 Å². The van der Waals surface area contributed by atoms with Gasteiger partial charge < -0.3 is 10.0 Å². The molecule has 3 fully saturated rings. The molecule has 3 aliphatic rings. The number of aryl methyl sites for hydroxylation is 1. The van der Waals surface area contributed by atoms with Crippen molar-refractivity contribution in [2.75, 3.05) is 13.1 Å². The first-order chi connectivity index (χ1) is 11.8. The van der Waals surface area contributed by atoms with E-state index >= 15 is 0 Å². The molecule has 1 amide bonds. The zero-order valence-electron chi connectivity index (χ0n) is 15.2. The summed E-state index contributed by atoms with van der Waals surface area (Å²) in [5.74, 6) is 0.496. The Kier molecular flexibility index (Phi) is 3.95. The number of carbonyl (C=O) groups excluding carboxylic acids is 1. The minimum Gasteiger partial charge on any atom is -0.390 e. The van der Waals surface area contributed by atoms with Crippen LogP contribution in [0, 0.1) is 24.1 Å². The zero-order chi connectivity index (χ0) is 17.8. The number of benzene rings is 1. The molecule has 0 unspecified atom stereocenters. The van der Waals surface area contributed by atoms with Crippen molar-refractivity contribution in [2.24, 2.45) is 11.3 Å². The number of hydrogen-bond donors (Lipinski definition) is 1. The van der Waals surface area contributed by atoms with Gasteiger partial charge in [-0.05, 0) is 75.5 Å². The highest BCUT2D eigenvalue weighted by atomic mass is 19.1. The van der Waals surface area contributed by atoms with Crippen LogP contribution in [0.4, 0.5) is 4.39 Å². The molecule has 1 heterocycles. The van der Waals surface area contributed by atoms with Gasteiger partial charge in [-0.15, -0.1) is 0 Å². The van der Waals surface area contributed by atoms with Gasteiger partial charge >= 0.3 is 0 Å². The van der Waals surface area contributed by atoms with Crippen molar-refractivity contribution in [2.45, 2.75) is 63.9 Å². The normalized spacial score (nSPS) is 31.5. The molecule has 3 nitrogen and oxygen atoms in total. The van der Waals surface area contributed by atoms with Crippen molar-refractivity contribution in [3.63, 3.8) is 0 Å². The number of halogens is 1. The Bertz CT molecular complexity index is 655. The third-order valence-corrected chi connectivity index (χ3v) is 6.81. The molecule has 1 spiro atoms. The minimum absolute atomic E-state index is 0.0183. The Labute approximate surface area is 149 Å². The maximum atomic E-state index is 14.2. The lowest BCUT2D eigenvalue weighted by Crippen LogP contribution is -2.62. The Morgan fingerprint density at radius 2 is 1.88 bits per heavy atom. The molecule has 1 aromatic carbocycles. The molecule has 4 rings (SSSR count). The standard InChI is InChI=1S/C21H28FNO2/c1-14-4-3-5-17(22)18(14)15-6-8-21(9-7-15)12-23(13-21)19(24)16-10-20(2,25)11-16/h3-5,15-16,25H,6-13H2,1-2H3/t16-,20+. The Morgan fingerprint density at radius 3 is 2.44 bits per heavy atom. The first-order valence-electron chi connectivity index (χ1n) is 9.55. The Hall–Kier alpha value is -1.42. The fourth-order valence-electron chi connectivity index (χ4n) is 5.35. The second-order valence-corrected chi connectivity index (χ2v) is 9.04. The molecule has 1 aliphatic heterocycles. The fraction of sp³-hybridized carbons (Fsp3) is 0.667. The number of carbonyl (C=O) groups is 1. The first-order valence-corrected chi connectivity index (χ1v) is 9.55. The van der Waals surface area contributed by atoms with E-state index < -0.39 is 5.60 Å². The number of likely N-dealkylation sites (tertiary alicyclic amines) is 1. The van der Waals surface area contributed by atoms with E-state index in [1.807, 2.05) is 17.9 Å². The summed E-state index contributed by atoms with van der Waals surface area (Å²) in [6.45, 7) is 5.52. The summed E-state index contributed by atoms with van der Waals surface area (Å²) < 4.78 is 14.2. The topological polar surface area (TPSA) is 40.5 Å². The largest absolute Gasteiger partial charge is 0.390 e. The fourth-order valence-corrected chi connectivity index (χ4v) is 5.35. The van der Waals surface area contributed by atoms with E-state index in [2.05, 4.69) is 0 Å². The Balaban J connectivity index is 1.32. The van der Waals surface area contributed by atoms with E-state index in [-0.39, 0.29) is 23.1 Å². The zero-order valence-corrected chi connectivity index (χ0v) is 15.2. The lowest BCUT2D eigenvalue weighted by atomic mass is 9.63. The highest BCUT2D eigenvalue weighted by Crippen LogP contribution is 2.50. The van der Waals surface area contributed by atoms with Crippen molar-refractivity contribution >= 4 is 5.91 Å². The van der Waals surface area contributed by atoms with Gasteiger partial charge in [0.25, 0.3) is 0 Å². The third-order valence-electron chi connectivity index (χ3n) is 6.81. The summed E-state index contributed by atoms with van der Waals surface area (Å²) >= 11 is 0. The third kappa shape index (κ3) is 2.99. The quantitative estimate of drug-likeness (QED) is 0.886. The first kappa shape index (κ1) is 17.0. The van der Waals surface area contributed by atoms with E-state index in [9.17, 15) is 14.3 Å². The number of hydrogen-bond acceptors (Lipinski definition) is 2. The summed E-state index contributed by atoms with van der Waals surface area (Å²) in [6.07, 6.45) is 5.40. The summed E-state index contributed by atoms with van der Waals surface area (Å²) in [5, 5.41) is 9.83. The summed E-state index contributed by atoms with van der Waals surface area (Å²) in [7, 11) is 0. The maximum Gasteiger partial charge on any atom is 0.225 e. The lowest BCUT2D eigenvalue weighted by molar-refractivity contribution is -0.163. The molecule has 0 atom stereocenters. The molecule has 25 heavy (non-hydrogen) atoms. The average molecular weight is 345 g/mol. The highest BCUT2D eigenvalue weighted by Gasteiger charge is 2.51. The number of amides is 1. The molecule has 0 radical (unpaired) electrons. The molecule has 0 bridgehead atoms. The smallest absolute Gasteiger partial charge is 0.225 e. The number of nitrogens with zero attached hydrogens (tertiary/aromatic N) is 1. The van der Waals surface area contributed by atoms with Crippen molar-refractivity contribution in [3.8, 4) is 0 Å². The summed E-state index contributed by atoms with van der Waals surface area (Å²) in [6, 6.07) is 5.36. The van der Waals surface area contributed by atoms with Crippen molar-refractivity contribution in [3.05, 3.63) is 35.1 Å². The van der Waals surface area contributed by atoms with Crippen LogP contribution in [-0.2, 0) is 4.79 Å². The van der Waals surface area contributed by atoms with Crippen molar-refractivity contribution < 1.29 is 14.3 Å². The van der Waals surface area contributed by atoms with Gasteiger partial charge in [0.15, 0.2) is 0 Å². The van der Waals surface area contributed by atoms with Crippen LogP contribution >= 0.6 is 0 Å². The second-order valence-electron chi connectivity index (χ2n) is 9.04. The van der Waals surface area contributed by atoms with Gasteiger partial charge in [-0.1, -0.05) is 12.1 Å². The molecule has 0 aromatic heterocycles. The van der Waals surface area contributed by atoms with Crippen molar-refractivity contribution in [1.29, 1.82) is 0 Å². The summed E-state index contributed by atoms with van der Waals surface area (Å²) in [4.78, 5) is 14.4. The van der Waals surface area contributed by atoms with E-state index in [0.717, 1.165) is 49.9 Å². The van der Waals surface area contributed by atoms with Crippen LogP contribution in [-0.4, -0.2) is 34.6 Å². The van der Waals surface area contributed by atoms with Gasteiger partial charge in [-0.2, -0.15) is 0 Å². The molecule has 1 aromatic rings. The molecule has 136 valence electrons. The predicted molar refractivity (Wildman–Crippen MR) is 94.7 cm³/mol. The SMILES string of the molecule is Cc1cccc(F)c1C1CCC2(CC1)CN(C(=O)[C@H]1C[C@@](C)(O)C1)C2. The van der Waals surface area contributed by atoms with E-state index in [4.69, 9.17) is 0 Å². The molecular formula is C21H28FNO2. The molecule has 2 aliphatic carbocycles. The Morgan fingerprint density at radius 1 is 1.24 bits per heavy atom. The average Bonchev–Trinajstić information content (AvgIpc) is 2.50. The number of rotatable bonds is 2. The lowest BCUT2D eigenvalue weighted by Gasteiger charge is -2.55. The van der Waals surface area contributed by atoms with Gasteiger partial charge in [0.2, 0.25) is 5.91 Å². The van der Waals surface area contributed by atoms with Crippen LogP contribution < -0.4 is 0 Å².